The van der Waals surface area contributed by atoms with Crippen LogP contribution in [0.2, 0.25) is 10.6 Å². The molecular formula is C15H34O2Si. The smallest absolute Gasteiger partial charge is 0.346 e. The van der Waals surface area contributed by atoms with Crippen LogP contribution in [0.5, 0.6) is 0 Å². The predicted octanol–water partition coefficient (Wildman–Crippen LogP) is 5.13. The van der Waals surface area contributed by atoms with Crippen molar-refractivity contribution < 1.29 is 8.85 Å². The van der Waals surface area contributed by atoms with Gasteiger partial charge in [0.1, 0.15) is 0 Å². The molecule has 0 radical (unpaired) electrons. The molecular weight excluding hydrogens is 240 g/mol. The Bertz CT molecular complexity index is 217. The fraction of sp³-hybridized carbons (Fsp3) is 1.00. The van der Waals surface area contributed by atoms with Crippen LogP contribution >= 0.6 is 0 Å². The molecule has 0 saturated heterocycles. The van der Waals surface area contributed by atoms with Crippen LogP contribution in [0.4, 0.5) is 0 Å². The summed E-state index contributed by atoms with van der Waals surface area (Å²) in [5.74, 6) is 0.696. The predicted molar refractivity (Wildman–Crippen MR) is 82.2 cm³/mol. The lowest BCUT2D eigenvalue weighted by molar-refractivity contribution is 0.148. The summed E-state index contributed by atoms with van der Waals surface area (Å²) < 4.78 is 12.2. The van der Waals surface area contributed by atoms with Crippen molar-refractivity contribution in [3.8, 4) is 0 Å². The highest BCUT2D eigenvalue weighted by molar-refractivity contribution is 6.72. The maximum atomic E-state index is 6.10. The van der Waals surface area contributed by atoms with Gasteiger partial charge in [-0.3, -0.25) is 0 Å². The highest BCUT2D eigenvalue weighted by atomic mass is 28.4. The largest absolute Gasteiger partial charge is 0.397 e. The van der Waals surface area contributed by atoms with Gasteiger partial charge in [-0.1, -0.05) is 54.4 Å². The molecule has 2 nitrogen and oxygen atoms in total. The van der Waals surface area contributed by atoms with Crippen LogP contribution in [0.1, 0.15) is 67.2 Å². The molecule has 0 aromatic heterocycles. The highest BCUT2D eigenvalue weighted by Gasteiger charge is 2.59. The Kier molecular flexibility index (Phi) is 7.72. The highest BCUT2D eigenvalue weighted by Crippen LogP contribution is 2.57. The summed E-state index contributed by atoms with van der Waals surface area (Å²) in [5.41, 5.74) is 0.480. The molecule has 3 heteroatoms. The summed E-state index contributed by atoms with van der Waals surface area (Å²) in [6, 6.07) is 0. The van der Waals surface area contributed by atoms with E-state index in [0.717, 1.165) is 12.8 Å². The normalized spacial score (nSPS) is 13.7. The van der Waals surface area contributed by atoms with Crippen LogP contribution in [-0.2, 0) is 8.85 Å². The van der Waals surface area contributed by atoms with E-state index in [0.29, 0.717) is 11.5 Å². The monoisotopic (exact) mass is 274 g/mol. The number of hydrogen-bond acceptors (Lipinski definition) is 2. The van der Waals surface area contributed by atoms with Gasteiger partial charge in [0.05, 0.1) is 0 Å². The van der Waals surface area contributed by atoms with E-state index in [1.165, 1.54) is 12.8 Å². The molecule has 110 valence electrons. The molecule has 18 heavy (non-hydrogen) atoms. The summed E-state index contributed by atoms with van der Waals surface area (Å²) in [4.78, 5) is 0. The van der Waals surface area contributed by atoms with Crippen LogP contribution in [0.3, 0.4) is 0 Å². The molecule has 0 saturated carbocycles. The van der Waals surface area contributed by atoms with E-state index in [-0.39, 0.29) is 5.04 Å². The van der Waals surface area contributed by atoms with Gasteiger partial charge in [-0.15, -0.1) is 0 Å². The first-order valence-electron chi connectivity index (χ1n) is 7.56. The van der Waals surface area contributed by atoms with Gasteiger partial charge < -0.3 is 8.85 Å². The molecule has 0 rings (SSSR count). The second-order valence-corrected chi connectivity index (χ2v) is 9.91. The first-order chi connectivity index (χ1) is 8.46. The zero-order chi connectivity index (χ0) is 14.4. The lowest BCUT2D eigenvalue weighted by atomic mass is 9.83. The van der Waals surface area contributed by atoms with E-state index >= 15 is 0 Å². The van der Waals surface area contributed by atoms with Gasteiger partial charge in [0.25, 0.3) is 0 Å². The SMILES string of the molecule is CCC(CC)C(CC)(CC)[Si](OC)(OC)C(C)C. The van der Waals surface area contributed by atoms with Crippen LogP contribution in [0.25, 0.3) is 0 Å². The van der Waals surface area contributed by atoms with Gasteiger partial charge in [-0.05, 0) is 24.3 Å². The van der Waals surface area contributed by atoms with Crippen molar-refractivity contribution in [3.63, 3.8) is 0 Å². The standard InChI is InChI=1S/C15H34O2Si/c1-9-14(10-2)15(11-3,12-4)18(16-7,17-8)13(5)6/h13-14H,9-12H2,1-8H3. The van der Waals surface area contributed by atoms with Gasteiger partial charge in [-0.25, -0.2) is 0 Å². The van der Waals surface area contributed by atoms with Crippen molar-refractivity contribution in [2.75, 3.05) is 14.2 Å². The molecule has 0 aliphatic heterocycles. The zero-order valence-electron chi connectivity index (χ0n) is 13.8. The third-order valence-corrected chi connectivity index (χ3v) is 10.3. The van der Waals surface area contributed by atoms with E-state index in [4.69, 9.17) is 8.85 Å². The minimum atomic E-state index is -2.21. The summed E-state index contributed by atoms with van der Waals surface area (Å²) in [5, 5.41) is 0.230. The van der Waals surface area contributed by atoms with Crippen LogP contribution in [0, 0.1) is 5.92 Å². The van der Waals surface area contributed by atoms with E-state index in [9.17, 15) is 0 Å². The molecule has 0 amide bonds. The first kappa shape index (κ1) is 18.1. The second-order valence-electron chi connectivity index (χ2n) is 5.61. The summed E-state index contributed by atoms with van der Waals surface area (Å²) in [7, 11) is 1.51. The first-order valence-corrected chi connectivity index (χ1v) is 9.45. The summed E-state index contributed by atoms with van der Waals surface area (Å²) in [6.07, 6.45) is 4.74. The van der Waals surface area contributed by atoms with Gasteiger partial charge in [0, 0.05) is 19.3 Å². The number of rotatable bonds is 9. The van der Waals surface area contributed by atoms with Crippen molar-refractivity contribution in [2.45, 2.75) is 77.8 Å². The molecule has 0 aromatic carbocycles. The molecule has 0 aliphatic rings. The zero-order valence-corrected chi connectivity index (χ0v) is 14.8. The van der Waals surface area contributed by atoms with E-state index in [1.807, 2.05) is 14.2 Å². The van der Waals surface area contributed by atoms with Gasteiger partial charge >= 0.3 is 8.56 Å². The average molecular weight is 275 g/mol. The Morgan fingerprint density at radius 2 is 1.28 bits per heavy atom. The maximum Gasteiger partial charge on any atom is 0.346 e. The minimum absolute atomic E-state index is 0.230. The maximum absolute atomic E-state index is 6.10. The molecule has 0 bridgehead atoms. The van der Waals surface area contributed by atoms with Crippen LogP contribution in [0.15, 0.2) is 0 Å². The lowest BCUT2D eigenvalue weighted by Gasteiger charge is -2.51. The number of hydrogen-bond donors (Lipinski definition) is 0. The Labute approximate surface area is 116 Å². The molecule has 0 heterocycles. The van der Waals surface area contributed by atoms with Crippen LogP contribution < -0.4 is 0 Å². The lowest BCUT2D eigenvalue weighted by Crippen LogP contribution is -2.57. The molecule has 0 N–H and O–H groups in total. The topological polar surface area (TPSA) is 18.5 Å². The van der Waals surface area contributed by atoms with Gasteiger partial charge in [0.15, 0.2) is 0 Å². The van der Waals surface area contributed by atoms with Crippen molar-refractivity contribution in [2.24, 2.45) is 5.92 Å². The fourth-order valence-electron chi connectivity index (χ4n) is 4.21. The van der Waals surface area contributed by atoms with Crippen LogP contribution in [-0.4, -0.2) is 22.8 Å². The second kappa shape index (κ2) is 7.66. The van der Waals surface area contributed by atoms with Crippen molar-refractivity contribution in [1.29, 1.82) is 0 Å². The Hall–Kier alpha value is 0.137. The molecule has 0 aliphatic carbocycles. The third-order valence-electron chi connectivity index (χ3n) is 5.09. The van der Waals surface area contributed by atoms with E-state index in [1.54, 1.807) is 0 Å². The quantitative estimate of drug-likeness (QED) is 0.543. The molecule has 0 fully saturated rings. The minimum Gasteiger partial charge on any atom is -0.397 e. The van der Waals surface area contributed by atoms with Crippen molar-refractivity contribution in [1.82, 2.24) is 0 Å². The molecule has 0 aromatic rings. The molecule has 0 unspecified atom stereocenters. The van der Waals surface area contributed by atoms with Gasteiger partial charge in [0.2, 0.25) is 0 Å². The van der Waals surface area contributed by atoms with Crippen molar-refractivity contribution in [3.05, 3.63) is 0 Å². The summed E-state index contributed by atoms with van der Waals surface area (Å²) in [6.45, 7) is 13.8. The molecule has 0 atom stereocenters. The average Bonchev–Trinajstić information content (AvgIpc) is 2.39. The van der Waals surface area contributed by atoms with E-state index < -0.39 is 8.56 Å². The Morgan fingerprint density at radius 1 is 0.889 bits per heavy atom. The fourth-order valence-corrected chi connectivity index (χ4v) is 9.25. The Balaban J connectivity index is 5.79. The van der Waals surface area contributed by atoms with E-state index in [2.05, 4.69) is 41.5 Å². The molecule has 0 spiro atoms. The Morgan fingerprint density at radius 3 is 1.44 bits per heavy atom. The third kappa shape index (κ3) is 2.68. The van der Waals surface area contributed by atoms with Gasteiger partial charge in [-0.2, -0.15) is 0 Å². The van der Waals surface area contributed by atoms with Crippen molar-refractivity contribution >= 4 is 8.56 Å². The summed E-state index contributed by atoms with van der Waals surface area (Å²) >= 11 is 0.